The van der Waals surface area contributed by atoms with Gasteiger partial charge in [0.05, 0.1) is 23.1 Å². The molecule has 0 spiro atoms. The van der Waals surface area contributed by atoms with Gasteiger partial charge in [-0.25, -0.2) is 0 Å². The summed E-state index contributed by atoms with van der Waals surface area (Å²) in [5.74, 6) is 2.69. The Bertz CT molecular complexity index is 660. The predicted octanol–water partition coefficient (Wildman–Crippen LogP) is 6.90. The summed E-state index contributed by atoms with van der Waals surface area (Å²) >= 11 is 0. The largest absolute Gasteiger partial charge is 0.197 e. The first-order chi connectivity index (χ1) is 13.2. The van der Waals surface area contributed by atoms with Crippen LogP contribution in [0.3, 0.4) is 0 Å². The Balaban J connectivity index is 1.52. The van der Waals surface area contributed by atoms with Crippen molar-refractivity contribution in [2.75, 3.05) is 0 Å². The van der Waals surface area contributed by atoms with Crippen molar-refractivity contribution in [1.29, 1.82) is 10.5 Å². The van der Waals surface area contributed by atoms with Gasteiger partial charge in [-0.3, -0.25) is 0 Å². The molecule has 0 aromatic heterocycles. The van der Waals surface area contributed by atoms with Crippen molar-refractivity contribution in [3.05, 3.63) is 35.4 Å². The molecule has 0 bridgehead atoms. The van der Waals surface area contributed by atoms with Gasteiger partial charge < -0.3 is 0 Å². The first-order valence-electron chi connectivity index (χ1n) is 11.1. The van der Waals surface area contributed by atoms with Gasteiger partial charge in [-0.2, -0.15) is 10.5 Å². The number of hydrogen-bond donors (Lipinski definition) is 0. The van der Waals surface area contributed by atoms with E-state index in [0.29, 0.717) is 5.56 Å². The molecule has 1 aromatic rings. The quantitative estimate of drug-likeness (QED) is 0.517. The van der Waals surface area contributed by atoms with Crippen LogP contribution in [0.15, 0.2) is 24.3 Å². The maximum atomic E-state index is 9.94. The summed E-state index contributed by atoms with van der Waals surface area (Å²) in [6, 6.07) is 12.6. The fourth-order valence-electron chi connectivity index (χ4n) is 5.56. The third-order valence-electron chi connectivity index (χ3n) is 7.44. The van der Waals surface area contributed by atoms with Crippen molar-refractivity contribution < 1.29 is 0 Å². The lowest BCUT2D eigenvalue weighted by atomic mass is 9.62. The molecule has 2 nitrogen and oxygen atoms in total. The molecule has 0 N–H and O–H groups in total. The highest BCUT2D eigenvalue weighted by molar-refractivity contribution is 5.38. The minimum atomic E-state index is -0.332. The summed E-state index contributed by atoms with van der Waals surface area (Å²) in [5.41, 5.74) is 1.46. The molecule has 0 aliphatic heterocycles. The molecular formula is C25H34N2. The normalized spacial score (nSPS) is 31.0. The van der Waals surface area contributed by atoms with Crippen molar-refractivity contribution in [2.45, 2.75) is 89.4 Å². The fraction of sp³-hybridized carbons (Fsp3) is 0.680. The number of benzene rings is 1. The third kappa shape index (κ3) is 4.73. The topological polar surface area (TPSA) is 47.6 Å². The Morgan fingerprint density at radius 2 is 1.52 bits per heavy atom. The number of unbranched alkanes of at least 4 members (excludes halogenated alkanes) is 2. The molecule has 144 valence electrons. The second kappa shape index (κ2) is 9.41. The predicted molar refractivity (Wildman–Crippen MR) is 110 cm³/mol. The van der Waals surface area contributed by atoms with Crippen LogP contribution in [0.4, 0.5) is 0 Å². The maximum Gasteiger partial charge on any atom is 0.0991 e. The van der Waals surface area contributed by atoms with E-state index in [1.807, 2.05) is 24.3 Å². The van der Waals surface area contributed by atoms with E-state index < -0.39 is 0 Å². The lowest BCUT2D eigenvalue weighted by Crippen LogP contribution is -2.33. The Kier molecular flexibility index (Phi) is 6.95. The Morgan fingerprint density at radius 1 is 0.889 bits per heavy atom. The smallest absolute Gasteiger partial charge is 0.0991 e. The average molecular weight is 363 g/mol. The van der Waals surface area contributed by atoms with E-state index in [1.165, 1.54) is 64.2 Å². The molecule has 2 fully saturated rings. The summed E-state index contributed by atoms with van der Waals surface area (Å²) in [6.07, 6.45) is 15.6. The first-order valence-corrected chi connectivity index (χ1v) is 11.1. The molecule has 0 saturated heterocycles. The number of nitrogens with zero attached hydrogens (tertiary/aromatic N) is 2. The zero-order valence-electron chi connectivity index (χ0n) is 16.9. The van der Waals surface area contributed by atoms with Gasteiger partial charge in [-0.15, -0.1) is 0 Å². The van der Waals surface area contributed by atoms with Gasteiger partial charge in [0, 0.05) is 0 Å². The zero-order valence-corrected chi connectivity index (χ0v) is 16.9. The van der Waals surface area contributed by atoms with Crippen LogP contribution in [-0.4, -0.2) is 0 Å². The van der Waals surface area contributed by atoms with Crippen LogP contribution in [0.25, 0.3) is 0 Å². The lowest BCUT2D eigenvalue weighted by molar-refractivity contribution is 0.143. The van der Waals surface area contributed by atoms with Crippen LogP contribution < -0.4 is 0 Å². The van der Waals surface area contributed by atoms with Gasteiger partial charge in [0.15, 0.2) is 0 Å². The SMILES string of the molecule is CCCCC[C@H]1CC[C@@H]([C@H]2CC[C@](C#N)(c3ccc(C#N)cc3)CC2)CC1. The average Bonchev–Trinajstić information content (AvgIpc) is 2.75. The van der Waals surface area contributed by atoms with E-state index in [-0.39, 0.29) is 5.41 Å². The number of hydrogen-bond acceptors (Lipinski definition) is 2. The molecule has 2 aliphatic carbocycles. The molecule has 1 aromatic carbocycles. The van der Waals surface area contributed by atoms with Crippen molar-refractivity contribution >= 4 is 0 Å². The molecule has 27 heavy (non-hydrogen) atoms. The summed E-state index contributed by atoms with van der Waals surface area (Å²) in [6.45, 7) is 2.29. The minimum Gasteiger partial charge on any atom is -0.197 e. The van der Waals surface area contributed by atoms with Crippen molar-refractivity contribution in [3.63, 3.8) is 0 Å². The molecule has 0 atom stereocenters. The van der Waals surface area contributed by atoms with Crippen molar-refractivity contribution in [2.24, 2.45) is 17.8 Å². The minimum absolute atomic E-state index is 0.332. The molecule has 0 heterocycles. The number of nitriles is 2. The van der Waals surface area contributed by atoms with Gasteiger partial charge in [0.1, 0.15) is 0 Å². The van der Waals surface area contributed by atoms with Crippen LogP contribution in [0.5, 0.6) is 0 Å². The molecule has 2 heteroatoms. The lowest BCUT2D eigenvalue weighted by Gasteiger charge is -2.41. The van der Waals surface area contributed by atoms with E-state index in [0.717, 1.165) is 36.2 Å². The Labute approximate surface area is 165 Å². The van der Waals surface area contributed by atoms with Crippen molar-refractivity contribution in [1.82, 2.24) is 0 Å². The van der Waals surface area contributed by atoms with Crippen LogP contribution >= 0.6 is 0 Å². The summed E-state index contributed by atoms with van der Waals surface area (Å²) in [7, 11) is 0. The molecule has 2 saturated carbocycles. The Hall–Kier alpha value is -1.80. The van der Waals surface area contributed by atoms with Gasteiger partial charge in [-0.05, 0) is 74.0 Å². The van der Waals surface area contributed by atoms with Crippen LogP contribution in [0.1, 0.15) is 95.1 Å². The Morgan fingerprint density at radius 3 is 2.07 bits per heavy atom. The molecule has 0 unspecified atom stereocenters. The monoisotopic (exact) mass is 362 g/mol. The van der Waals surface area contributed by atoms with Gasteiger partial charge in [-0.1, -0.05) is 57.6 Å². The van der Waals surface area contributed by atoms with Crippen LogP contribution in [0.2, 0.25) is 0 Å². The number of rotatable bonds is 6. The van der Waals surface area contributed by atoms with E-state index in [1.54, 1.807) is 0 Å². The van der Waals surface area contributed by atoms with Crippen molar-refractivity contribution in [3.8, 4) is 12.1 Å². The first kappa shape index (κ1) is 19.9. The van der Waals surface area contributed by atoms with Crippen LogP contribution in [0, 0.1) is 40.4 Å². The summed E-state index contributed by atoms with van der Waals surface area (Å²) in [4.78, 5) is 0. The van der Waals surface area contributed by atoms with E-state index in [4.69, 9.17) is 5.26 Å². The molecule has 0 amide bonds. The molecular weight excluding hydrogens is 328 g/mol. The van der Waals surface area contributed by atoms with Gasteiger partial charge >= 0.3 is 0 Å². The molecule has 2 aliphatic rings. The van der Waals surface area contributed by atoms with E-state index >= 15 is 0 Å². The summed E-state index contributed by atoms with van der Waals surface area (Å²) in [5, 5.41) is 18.9. The van der Waals surface area contributed by atoms with E-state index in [9.17, 15) is 5.26 Å². The highest BCUT2D eigenvalue weighted by Crippen LogP contribution is 2.47. The maximum absolute atomic E-state index is 9.94. The summed E-state index contributed by atoms with van der Waals surface area (Å²) < 4.78 is 0. The highest BCUT2D eigenvalue weighted by atomic mass is 14.5. The van der Waals surface area contributed by atoms with Gasteiger partial charge in [0.2, 0.25) is 0 Å². The van der Waals surface area contributed by atoms with Crippen LogP contribution in [-0.2, 0) is 5.41 Å². The molecule has 3 rings (SSSR count). The molecule has 0 radical (unpaired) electrons. The second-order valence-electron chi connectivity index (χ2n) is 9.00. The standard InChI is InChI=1S/C25H34N2/c1-2-3-4-5-20-6-10-22(11-7-20)23-14-16-25(19-27,17-15-23)24-12-8-21(18-26)9-13-24/h8-9,12-13,20,22-23H,2-7,10-11,14-17H2,1H3/t20-,22+,23-,25-. The van der Waals surface area contributed by atoms with Gasteiger partial charge in [0.25, 0.3) is 0 Å². The third-order valence-corrected chi connectivity index (χ3v) is 7.44. The van der Waals surface area contributed by atoms with E-state index in [2.05, 4.69) is 19.1 Å². The zero-order chi connectivity index (χ0) is 19.1. The second-order valence-corrected chi connectivity index (χ2v) is 9.00. The highest BCUT2D eigenvalue weighted by Gasteiger charge is 2.39. The fourth-order valence-corrected chi connectivity index (χ4v) is 5.56.